The van der Waals surface area contributed by atoms with Crippen molar-refractivity contribution in [1.29, 1.82) is 0 Å². The summed E-state index contributed by atoms with van der Waals surface area (Å²) in [7, 11) is 0. The third-order valence-corrected chi connectivity index (χ3v) is 1.72. The fraction of sp³-hybridized carbons (Fsp3) is 0.571. The standard InChI is InChI=1S/2C7H11O2.Cu/c2*1-3-4-7(9)5-6(2)8;/h2*5H,3-4H2,1-2H3;/q2*-1;+2. The fourth-order valence-corrected chi connectivity index (χ4v) is 1.09. The molecule has 113 valence electrons. The Morgan fingerprint density at radius 3 is 1.16 bits per heavy atom. The molecule has 0 atom stereocenters. The summed E-state index contributed by atoms with van der Waals surface area (Å²) in [4.78, 5) is 41.7. The Hall–Kier alpha value is -1.06. The van der Waals surface area contributed by atoms with Crippen LogP contribution < -0.4 is 0 Å². The van der Waals surface area contributed by atoms with E-state index in [4.69, 9.17) is 0 Å². The maximum atomic E-state index is 10.6. The summed E-state index contributed by atoms with van der Waals surface area (Å²) in [5.74, 6) is -0.447. The Kier molecular flexibility index (Phi) is 18.2. The Morgan fingerprint density at radius 2 is 1.00 bits per heavy atom. The van der Waals surface area contributed by atoms with Crippen molar-refractivity contribution in [3.8, 4) is 0 Å². The van der Waals surface area contributed by atoms with Gasteiger partial charge in [0.05, 0.1) is 0 Å². The molecule has 0 aliphatic heterocycles. The van der Waals surface area contributed by atoms with Crippen LogP contribution in [0.2, 0.25) is 0 Å². The molecule has 0 unspecified atom stereocenters. The smallest absolute Gasteiger partial charge is 0.334 e. The summed E-state index contributed by atoms with van der Waals surface area (Å²) in [5, 5.41) is 0. The minimum atomic E-state index is -0.159. The van der Waals surface area contributed by atoms with Gasteiger partial charge >= 0.3 is 17.1 Å². The SMILES string of the molecule is CCCC(=O)[CH-]C(C)=O.CCCC(=O)[CH-]C(C)=O.[Cu+2]. The second-order valence-corrected chi connectivity index (χ2v) is 3.94. The molecule has 0 aliphatic rings. The minimum absolute atomic E-state index is 0. The Balaban J connectivity index is -0.000000256. The molecule has 0 bridgehead atoms. The summed E-state index contributed by atoms with van der Waals surface area (Å²) < 4.78 is 0. The van der Waals surface area contributed by atoms with Crippen LogP contribution in [0.15, 0.2) is 0 Å². The minimum Gasteiger partial charge on any atom is -0.334 e. The van der Waals surface area contributed by atoms with Gasteiger partial charge in [-0.25, -0.2) is 0 Å². The van der Waals surface area contributed by atoms with E-state index in [9.17, 15) is 19.2 Å². The van der Waals surface area contributed by atoms with Gasteiger partial charge in [-0.3, -0.25) is 12.8 Å². The summed E-state index contributed by atoms with van der Waals surface area (Å²) >= 11 is 0. The van der Waals surface area contributed by atoms with Crippen molar-refractivity contribution in [2.75, 3.05) is 0 Å². The fourth-order valence-electron chi connectivity index (χ4n) is 1.09. The first kappa shape index (κ1) is 23.1. The molecule has 0 fully saturated rings. The summed E-state index contributed by atoms with van der Waals surface area (Å²) in [6.45, 7) is 6.58. The second-order valence-electron chi connectivity index (χ2n) is 3.94. The Bertz CT molecular complexity index is 268. The number of hydrogen-bond donors (Lipinski definition) is 0. The van der Waals surface area contributed by atoms with Crippen LogP contribution in [-0.2, 0) is 36.2 Å². The maximum Gasteiger partial charge on any atom is 2.00 e. The van der Waals surface area contributed by atoms with Crippen LogP contribution in [-0.4, -0.2) is 23.1 Å². The molecule has 0 amide bonds. The number of Topliss-reactive ketones (excluding diaryl/α,β-unsaturated/α-hetero) is 4. The van der Waals surface area contributed by atoms with Crippen LogP contribution in [0.5, 0.6) is 0 Å². The molecule has 0 aliphatic carbocycles. The number of hydrogen-bond acceptors (Lipinski definition) is 4. The van der Waals surface area contributed by atoms with Gasteiger partial charge in [-0.2, -0.15) is 0 Å². The van der Waals surface area contributed by atoms with Crippen molar-refractivity contribution < 1.29 is 36.2 Å². The van der Waals surface area contributed by atoms with Gasteiger partial charge in [-0.1, -0.05) is 26.7 Å². The normalized spacial score (nSPS) is 8.21. The van der Waals surface area contributed by atoms with Crippen LogP contribution in [0.4, 0.5) is 0 Å². The maximum absolute atomic E-state index is 10.6. The van der Waals surface area contributed by atoms with Crippen LogP contribution in [0.25, 0.3) is 0 Å². The van der Waals surface area contributed by atoms with Crippen LogP contribution >= 0.6 is 0 Å². The van der Waals surface area contributed by atoms with Gasteiger partial charge in [0.15, 0.2) is 0 Å². The van der Waals surface area contributed by atoms with Crippen LogP contribution in [0.1, 0.15) is 53.4 Å². The first-order valence-corrected chi connectivity index (χ1v) is 6.09. The van der Waals surface area contributed by atoms with E-state index in [2.05, 4.69) is 0 Å². The average molecular weight is 318 g/mol. The molecular formula is C14H22CuO4. The molecule has 1 radical (unpaired) electrons. The summed E-state index contributed by atoms with van der Waals surface area (Å²) in [6.07, 6.45) is 4.87. The Labute approximate surface area is 126 Å². The topological polar surface area (TPSA) is 68.3 Å². The van der Waals surface area contributed by atoms with E-state index in [1.807, 2.05) is 13.8 Å². The van der Waals surface area contributed by atoms with Crippen molar-refractivity contribution in [3.05, 3.63) is 12.8 Å². The predicted molar refractivity (Wildman–Crippen MR) is 69.8 cm³/mol. The quantitative estimate of drug-likeness (QED) is 0.391. The zero-order chi connectivity index (χ0) is 14.6. The van der Waals surface area contributed by atoms with Crippen molar-refractivity contribution in [1.82, 2.24) is 0 Å². The third-order valence-electron chi connectivity index (χ3n) is 1.72. The molecule has 0 spiro atoms. The molecule has 5 heteroatoms. The van der Waals surface area contributed by atoms with E-state index < -0.39 is 0 Å². The van der Waals surface area contributed by atoms with Crippen molar-refractivity contribution >= 4 is 23.1 Å². The van der Waals surface area contributed by atoms with E-state index in [1.165, 1.54) is 13.8 Å². The molecule has 0 aromatic heterocycles. The molecular weight excluding hydrogens is 296 g/mol. The summed E-state index contributed by atoms with van der Waals surface area (Å²) in [5.41, 5.74) is 0. The van der Waals surface area contributed by atoms with Gasteiger partial charge in [0, 0.05) is 23.1 Å². The second kappa shape index (κ2) is 15.0. The van der Waals surface area contributed by atoms with Gasteiger partial charge in [0.1, 0.15) is 0 Å². The van der Waals surface area contributed by atoms with Crippen LogP contribution in [0, 0.1) is 12.8 Å². The van der Waals surface area contributed by atoms with Gasteiger partial charge < -0.3 is 19.2 Å². The molecule has 19 heavy (non-hydrogen) atoms. The zero-order valence-corrected chi connectivity index (χ0v) is 12.9. The van der Waals surface area contributed by atoms with E-state index in [-0.39, 0.29) is 40.2 Å². The monoisotopic (exact) mass is 317 g/mol. The molecule has 4 nitrogen and oxygen atoms in total. The first-order valence-electron chi connectivity index (χ1n) is 6.09. The van der Waals surface area contributed by atoms with E-state index in [1.54, 1.807) is 0 Å². The van der Waals surface area contributed by atoms with Gasteiger partial charge in [-0.05, 0) is 26.7 Å². The molecule has 0 saturated heterocycles. The number of carbonyl (C=O) groups excluding carboxylic acids is 4. The largest absolute Gasteiger partial charge is 2.00 e. The number of rotatable bonds is 8. The summed E-state index contributed by atoms with van der Waals surface area (Å²) in [6, 6.07) is 0. The van der Waals surface area contributed by atoms with Gasteiger partial charge in [-0.15, -0.1) is 0 Å². The zero-order valence-electron chi connectivity index (χ0n) is 11.9. The van der Waals surface area contributed by atoms with Gasteiger partial charge in [0.2, 0.25) is 0 Å². The van der Waals surface area contributed by atoms with Crippen molar-refractivity contribution in [2.24, 2.45) is 0 Å². The molecule has 0 saturated carbocycles. The van der Waals surface area contributed by atoms with E-state index in [0.717, 1.165) is 25.7 Å². The van der Waals surface area contributed by atoms with Crippen molar-refractivity contribution in [3.63, 3.8) is 0 Å². The molecule has 0 rings (SSSR count). The van der Waals surface area contributed by atoms with E-state index >= 15 is 0 Å². The van der Waals surface area contributed by atoms with Gasteiger partial charge in [0.25, 0.3) is 0 Å². The van der Waals surface area contributed by atoms with E-state index in [0.29, 0.717) is 12.8 Å². The molecule has 0 N–H and O–H groups in total. The average Bonchev–Trinajstić information content (AvgIpc) is 2.16. The molecule has 0 heterocycles. The number of ketones is 4. The third kappa shape index (κ3) is 22.6. The van der Waals surface area contributed by atoms with Crippen molar-refractivity contribution in [2.45, 2.75) is 53.4 Å². The first-order chi connectivity index (χ1) is 8.33. The predicted octanol–water partition coefficient (Wildman–Crippen LogP) is 2.30. The van der Waals surface area contributed by atoms with Crippen LogP contribution in [0.3, 0.4) is 0 Å². The molecule has 0 aromatic carbocycles. The Morgan fingerprint density at radius 1 is 0.737 bits per heavy atom. The number of carbonyl (C=O) groups is 4. The molecule has 0 aromatic rings.